The Morgan fingerprint density at radius 3 is 2.56 bits per heavy atom. The van der Waals surface area contributed by atoms with Crippen molar-refractivity contribution >= 4 is 23.5 Å². The summed E-state index contributed by atoms with van der Waals surface area (Å²) in [5.74, 6) is -0.486. The summed E-state index contributed by atoms with van der Waals surface area (Å²) in [6.07, 6.45) is 3.87. The zero-order valence-corrected chi connectivity index (χ0v) is 15.3. The molecule has 6 nitrogen and oxygen atoms in total. The summed E-state index contributed by atoms with van der Waals surface area (Å²) in [6.45, 7) is 2.47. The lowest BCUT2D eigenvalue weighted by Gasteiger charge is -2.29. The molecule has 1 aromatic rings. The summed E-state index contributed by atoms with van der Waals surface area (Å²) < 4.78 is 10.9. The summed E-state index contributed by atoms with van der Waals surface area (Å²) in [5, 5.41) is 12.4. The first-order chi connectivity index (χ1) is 11.9. The molecule has 1 saturated carbocycles. The van der Waals surface area contributed by atoms with Crippen molar-refractivity contribution in [1.82, 2.24) is 5.32 Å². The third kappa shape index (κ3) is 4.78. The Morgan fingerprint density at radius 1 is 1.32 bits per heavy atom. The van der Waals surface area contributed by atoms with E-state index in [1.54, 1.807) is 6.07 Å². The number of hydrogen-bond donors (Lipinski definition) is 2. The molecule has 0 saturated heterocycles. The predicted molar refractivity (Wildman–Crippen MR) is 94.7 cm³/mol. The van der Waals surface area contributed by atoms with Gasteiger partial charge in [-0.1, -0.05) is 31.4 Å². The van der Waals surface area contributed by atoms with Crippen molar-refractivity contribution < 1.29 is 24.2 Å². The van der Waals surface area contributed by atoms with Gasteiger partial charge in [0, 0.05) is 5.56 Å². The quantitative estimate of drug-likeness (QED) is 0.730. The summed E-state index contributed by atoms with van der Waals surface area (Å²) in [4.78, 5) is 23.8. The maximum absolute atomic E-state index is 12.7. The monoisotopic (exact) mass is 369 g/mol. The van der Waals surface area contributed by atoms with Gasteiger partial charge in [-0.25, -0.2) is 0 Å². The molecule has 0 atom stereocenters. The topological polar surface area (TPSA) is 84.9 Å². The van der Waals surface area contributed by atoms with Crippen molar-refractivity contribution in [3.8, 4) is 11.5 Å². The molecule has 0 aliphatic heterocycles. The largest absolute Gasteiger partial charge is 0.493 e. The molecule has 2 rings (SSSR count). The van der Waals surface area contributed by atoms with Crippen LogP contribution in [0.25, 0.3) is 0 Å². The molecule has 0 aromatic heterocycles. The van der Waals surface area contributed by atoms with Crippen LogP contribution in [0.4, 0.5) is 0 Å². The Morgan fingerprint density at radius 2 is 2.00 bits per heavy atom. The fraction of sp³-hybridized carbons (Fsp3) is 0.556. The standard InChI is InChI=1S/C18H24ClNO5/c1-3-8-25-16-13(19)9-12(10-14(16)24-2)17(23)20-18(11-15(21)22)6-4-5-7-18/h9-10H,3-8,11H2,1-2H3,(H,20,23)(H,21,22). The fourth-order valence-electron chi connectivity index (χ4n) is 3.20. The molecule has 0 bridgehead atoms. The third-order valence-electron chi connectivity index (χ3n) is 4.37. The predicted octanol–water partition coefficient (Wildman–Crippen LogP) is 3.65. The smallest absolute Gasteiger partial charge is 0.305 e. The van der Waals surface area contributed by atoms with Gasteiger partial charge in [0.25, 0.3) is 5.91 Å². The Labute approximate surface area is 152 Å². The number of ether oxygens (including phenoxy) is 2. The summed E-state index contributed by atoms with van der Waals surface area (Å²) in [7, 11) is 1.48. The van der Waals surface area contributed by atoms with Crippen molar-refractivity contribution in [2.24, 2.45) is 0 Å². The molecule has 0 radical (unpaired) electrons. The van der Waals surface area contributed by atoms with Crippen LogP contribution >= 0.6 is 11.6 Å². The first-order valence-electron chi connectivity index (χ1n) is 8.45. The molecule has 1 aromatic carbocycles. The molecule has 25 heavy (non-hydrogen) atoms. The van der Waals surface area contributed by atoms with E-state index in [0.717, 1.165) is 19.3 Å². The van der Waals surface area contributed by atoms with Gasteiger partial charge < -0.3 is 19.9 Å². The van der Waals surface area contributed by atoms with Crippen LogP contribution in [0, 0.1) is 0 Å². The van der Waals surface area contributed by atoms with Gasteiger partial charge in [-0.15, -0.1) is 0 Å². The zero-order valence-electron chi connectivity index (χ0n) is 14.6. The van der Waals surface area contributed by atoms with Gasteiger partial charge in [0.15, 0.2) is 11.5 Å². The lowest BCUT2D eigenvalue weighted by molar-refractivity contribution is -0.138. The SMILES string of the molecule is CCCOc1c(Cl)cc(C(=O)NC2(CC(=O)O)CCCC2)cc1OC. The van der Waals surface area contributed by atoms with E-state index in [1.807, 2.05) is 6.92 Å². The minimum Gasteiger partial charge on any atom is -0.493 e. The van der Waals surface area contributed by atoms with Crippen molar-refractivity contribution in [1.29, 1.82) is 0 Å². The molecule has 2 N–H and O–H groups in total. The first-order valence-corrected chi connectivity index (χ1v) is 8.83. The summed E-state index contributed by atoms with van der Waals surface area (Å²) >= 11 is 6.25. The number of benzene rings is 1. The van der Waals surface area contributed by atoms with Gasteiger partial charge in [0.05, 0.1) is 30.7 Å². The number of aliphatic carboxylic acids is 1. The number of halogens is 1. The number of rotatable bonds is 8. The lowest BCUT2D eigenvalue weighted by atomic mass is 9.92. The Bertz CT molecular complexity index is 641. The molecule has 1 aliphatic rings. The van der Waals surface area contributed by atoms with E-state index in [2.05, 4.69) is 5.32 Å². The van der Waals surface area contributed by atoms with Crippen molar-refractivity contribution in [2.45, 2.75) is 51.0 Å². The normalized spacial score (nSPS) is 15.6. The highest BCUT2D eigenvalue weighted by Crippen LogP contribution is 2.37. The van der Waals surface area contributed by atoms with Gasteiger partial charge in [-0.2, -0.15) is 0 Å². The van der Waals surface area contributed by atoms with Gasteiger partial charge in [-0.05, 0) is 31.4 Å². The van der Waals surface area contributed by atoms with Crippen molar-refractivity contribution in [2.75, 3.05) is 13.7 Å². The Hall–Kier alpha value is -1.95. The minimum atomic E-state index is -0.916. The van der Waals surface area contributed by atoms with Crippen LogP contribution in [0.2, 0.25) is 5.02 Å². The van der Waals surface area contributed by atoms with Crippen LogP contribution < -0.4 is 14.8 Å². The number of nitrogens with one attached hydrogen (secondary N) is 1. The Balaban J connectivity index is 2.23. The third-order valence-corrected chi connectivity index (χ3v) is 4.65. The highest BCUT2D eigenvalue weighted by atomic mass is 35.5. The molecule has 0 heterocycles. The number of carboxylic acids is 1. The second kappa shape index (κ2) is 8.43. The average molecular weight is 370 g/mol. The number of carboxylic acid groups (broad SMARTS) is 1. The number of hydrogen-bond acceptors (Lipinski definition) is 4. The number of carbonyl (C=O) groups excluding carboxylic acids is 1. The molecular formula is C18H24ClNO5. The lowest BCUT2D eigenvalue weighted by Crippen LogP contribution is -2.47. The van der Waals surface area contributed by atoms with E-state index in [4.69, 9.17) is 26.2 Å². The van der Waals surface area contributed by atoms with E-state index >= 15 is 0 Å². The second-order valence-corrected chi connectivity index (χ2v) is 6.76. The first kappa shape index (κ1) is 19.4. The van der Waals surface area contributed by atoms with Gasteiger partial charge in [0.1, 0.15) is 0 Å². The van der Waals surface area contributed by atoms with E-state index in [1.165, 1.54) is 13.2 Å². The van der Waals surface area contributed by atoms with Gasteiger partial charge >= 0.3 is 5.97 Å². The van der Waals surface area contributed by atoms with Crippen molar-refractivity contribution in [3.05, 3.63) is 22.7 Å². The Kier molecular flexibility index (Phi) is 6.53. The molecule has 138 valence electrons. The van der Waals surface area contributed by atoms with Crippen LogP contribution in [-0.4, -0.2) is 36.2 Å². The molecule has 1 fully saturated rings. The maximum Gasteiger partial charge on any atom is 0.305 e. The van der Waals surface area contributed by atoms with Crippen LogP contribution in [0.15, 0.2) is 12.1 Å². The van der Waals surface area contributed by atoms with Crippen LogP contribution in [0.1, 0.15) is 55.8 Å². The van der Waals surface area contributed by atoms with E-state index in [-0.39, 0.29) is 17.4 Å². The molecule has 1 aliphatic carbocycles. The van der Waals surface area contributed by atoms with E-state index in [9.17, 15) is 9.59 Å². The molecule has 0 unspecified atom stereocenters. The van der Waals surface area contributed by atoms with Gasteiger partial charge in [-0.3, -0.25) is 9.59 Å². The number of methoxy groups -OCH3 is 1. The van der Waals surface area contributed by atoms with E-state index in [0.29, 0.717) is 36.5 Å². The molecular weight excluding hydrogens is 346 g/mol. The van der Waals surface area contributed by atoms with Crippen LogP contribution in [0.5, 0.6) is 11.5 Å². The highest BCUT2D eigenvalue weighted by molar-refractivity contribution is 6.32. The van der Waals surface area contributed by atoms with Gasteiger partial charge in [0.2, 0.25) is 0 Å². The van der Waals surface area contributed by atoms with E-state index < -0.39 is 11.5 Å². The zero-order chi connectivity index (χ0) is 18.4. The molecule has 0 spiro atoms. The molecule has 7 heteroatoms. The second-order valence-electron chi connectivity index (χ2n) is 6.35. The summed E-state index contributed by atoms with van der Waals surface area (Å²) in [6, 6.07) is 3.09. The van der Waals surface area contributed by atoms with Crippen LogP contribution in [-0.2, 0) is 4.79 Å². The fourth-order valence-corrected chi connectivity index (χ4v) is 3.46. The minimum absolute atomic E-state index is 0.0820. The van der Waals surface area contributed by atoms with Crippen molar-refractivity contribution in [3.63, 3.8) is 0 Å². The number of carbonyl (C=O) groups is 2. The maximum atomic E-state index is 12.7. The molecule has 1 amide bonds. The van der Waals surface area contributed by atoms with Crippen LogP contribution in [0.3, 0.4) is 0 Å². The highest BCUT2D eigenvalue weighted by Gasteiger charge is 2.37. The average Bonchev–Trinajstić information content (AvgIpc) is 3.00. The number of amides is 1. The summed E-state index contributed by atoms with van der Waals surface area (Å²) in [5.41, 5.74) is -0.373.